The van der Waals surface area contributed by atoms with Crippen molar-refractivity contribution in [1.29, 1.82) is 0 Å². The number of aliphatic hydroxyl groups is 1. The Morgan fingerprint density at radius 3 is 2.79 bits per heavy atom. The molecule has 2 aliphatic rings. The lowest BCUT2D eigenvalue weighted by molar-refractivity contribution is -0.120. The molecule has 4 rings (SSSR count). The van der Waals surface area contributed by atoms with Gasteiger partial charge in [-0.05, 0) is 48.8 Å². The number of aromatic nitrogens is 3. The van der Waals surface area contributed by atoms with E-state index in [4.69, 9.17) is 4.74 Å². The molecule has 3 atom stereocenters. The molecule has 3 heterocycles. The molecule has 33 heavy (non-hydrogen) atoms. The van der Waals surface area contributed by atoms with Crippen LogP contribution in [0.25, 0.3) is 0 Å². The first kappa shape index (κ1) is 23.7. The van der Waals surface area contributed by atoms with Crippen LogP contribution in [0.4, 0.5) is 0 Å². The zero-order chi connectivity index (χ0) is 23.6. The van der Waals surface area contributed by atoms with E-state index in [0.717, 1.165) is 31.2 Å². The van der Waals surface area contributed by atoms with Crippen molar-refractivity contribution in [3.05, 3.63) is 41.9 Å². The summed E-state index contributed by atoms with van der Waals surface area (Å²) in [5.41, 5.74) is 2.26. The van der Waals surface area contributed by atoms with Crippen molar-refractivity contribution in [3.8, 4) is 5.88 Å². The van der Waals surface area contributed by atoms with E-state index in [-0.39, 0.29) is 23.0 Å². The second kappa shape index (κ2) is 9.43. The van der Waals surface area contributed by atoms with Crippen LogP contribution < -0.4 is 15.4 Å². The predicted octanol–water partition coefficient (Wildman–Crippen LogP) is 2.77. The molecule has 1 spiro atoms. The van der Waals surface area contributed by atoms with Crippen molar-refractivity contribution in [3.63, 3.8) is 0 Å². The van der Waals surface area contributed by atoms with Crippen LogP contribution in [0.15, 0.2) is 30.7 Å². The van der Waals surface area contributed by atoms with Gasteiger partial charge in [-0.15, -0.1) is 0 Å². The average Bonchev–Trinajstić information content (AvgIpc) is 3.21. The Bertz CT molecular complexity index is 949. The van der Waals surface area contributed by atoms with Gasteiger partial charge in [0.15, 0.2) is 0 Å². The molecule has 2 aromatic rings. The first-order chi connectivity index (χ1) is 15.6. The third kappa shape index (κ3) is 5.92. The fourth-order valence-electron chi connectivity index (χ4n) is 4.89. The lowest BCUT2D eigenvalue weighted by Crippen LogP contribution is -2.52. The minimum Gasteiger partial charge on any atom is -0.471 e. The van der Waals surface area contributed by atoms with Gasteiger partial charge in [-0.25, -0.2) is 4.98 Å². The minimum atomic E-state index is -0.771. The first-order valence-corrected chi connectivity index (χ1v) is 12.0. The highest BCUT2D eigenvalue weighted by atomic mass is 16.5. The lowest BCUT2D eigenvalue weighted by atomic mass is 9.73. The molecular weight excluding hydrogens is 418 g/mol. The van der Waals surface area contributed by atoms with E-state index in [1.807, 2.05) is 18.5 Å². The van der Waals surface area contributed by atoms with Gasteiger partial charge in [0.2, 0.25) is 11.8 Å². The number of aliphatic hydroxyl groups excluding tert-OH is 1. The fourth-order valence-corrected chi connectivity index (χ4v) is 4.89. The van der Waals surface area contributed by atoms with Gasteiger partial charge in [-0.2, -0.15) is 5.10 Å². The summed E-state index contributed by atoms with van der Waals surface area (Å²) in [7, 11) is 0. The van der Waals surface area contributed by atoms with E-state index in [1.165, 1.54) is 18.9 Å². The second-order valence-electron chi connectivity index (χ2n) is 10.9. The van der Waals surface area contributed by atoms with Gasteiger partial charge >= 0.3 is 0 Å². The third-order valence-electron chi connectivity index (χ3n) is 6.57. The van der Waals surface area contributed by atoms with Gasteiger partial charge in [-0.3, -0.25) is 9.48 Å². The summed E-state index contributed by atoms with van der Waals surface area (Å²) in [6.07, 6.45) is 9.71. The van der Waals surface area contributed by atoms with E-state index in [2.05, 4.69) is 47.6 Å². The van der Waals surface area contributed by atoms with E-state index >= 15 is 0 Å². The van der Waals surface area contributed by atoms with Gasteiger partial charge in [0.25, 0.3) is 0 Å². The predicted molar refractivity (Wildman–Crippen MR) is 126 cm³/mol. The van der Waals surface area contributed by atoms with Gasteiger partial charge in [0.05, 0.1) is 18.7 Å². The summed E-state index contributed by atoms with van der Waals surface area (Å²) in [4.78, 5) is 16.4. The summed E-state index contributed by atoms with van der Waals surface area (Å²) in [6, 6.07) is 3.63. The minimum absolute atomic E-state index is 0.0406. The number of ether oxygens (including phenoxy) is 1. The quantitative estimate of drug-likeness (QED) is 0.566. The van der Waals surface area contributed by atoms with E-state index in [1.54, 1.807) is 10.9 Å². The molecule has 0 aromatic carbocycles. The summed E-state index contributed by atoms with van der Waals surface area (Å²) >= 11 is 0. The van der Waals surface area contributed by atoms with Gasteiger partial charge in [0.1, 0.15) is 5.60 Å². The van der Waals surface area contributed by atoms with Gasteiger partial charge in [-0.1, -0.05) is 20.8 Å². The topological polar surface area (TPSA) is 101 Å². The van der Waals surface area contributed by atoms with Crippen molar-refractivity contribution < 1.29 is 14.6 Å². The number of hydrogen-bond donors (Lipinski definition) is 3. The summed E-state index contributed by atoms with van der Waals surface area (Å²) < 4.78 is 8.09. The van der Waals surface area contributed by atoms with Crippen LogP contribution in [0, 0.1) is 5.41 Å². The molecule has 2 aromatic heterocycles. The Balaban J connectivity index is 1.49. The smallest absolute Gasteiger partial charge is 0.218 e. The maximum Gasteiger partial charge on any atom is 0.218 e. The van der Waals surface area contributed by atoms with Crippen LogP contribution in [0.1, 0.15) is 70.5 Å². The number of carbonyl (C=O) groups excluding carboxylic acids is 1. The van der Waals surface area contributed by atoms with Crippen molar-refractivity contribution in [2.24, 2.45) is 5.41 Å². The third-order valence-corrected chi connectivity index (χ3v) is 6.57. The Kier molecular flexibility index (Phi) is 6.77. The normalized spacial score (nSPS) is 20.9. The van der Waals surface area contributed by atoms with Crippen molar-refractivity contribution in [1.82, 2.24) is 25.4 Å². The number of pyridine rings is 1. The molecule has 0 radical (unpaired) electrons. The number of fused-ring (bicyclic) bond motifs is 1. The van der Waals surface area contributed by atoms with E-state index < -0.39 is 12.1 Å². The zero-order valence-corrected chi connectivity index (χ0v) is 20.2. The number of rotatable bonds is 8. The molecule has 8 nitrogen and oxygen atoms in total. The maximum absolute atomic E-state index is 11.7. The molecule has 180 valence electrons. The molecular formula is C25H37N5O3. The SMILES string of the molecule is CC(=O)N[C@@H](Cn1cccn1)[C@H](O)CN[C@H]1CC2(CCC2)Oc2ncc(CC(C)(C)C)cc21. The molecule has 8 heteroatoms. The number of nitrogens with one attached hydrogen (secondary N) is 2. The molecule has 1 aliphatic carbocycles. The number of amides is 1. The number of hydrogen-bond acceptors (Lipinski definition) is 6. The molecule has 1 fully saturated rings. The Hall–Kier alpha value is -2.45. The van der Waals surface area contributed by atoms with Crippen LogP contribution in [0.3, 0.4) is 0 Å². The second-order valence-corrected chi connectivity index (χ2v) is 10.9. The van der Waals surface area contributed by atoms with E-state index in [9.17, 15) is 9.90 Å². The van der Waals surface area contributed by atoms with Crippen molar-refractivity contribution in [2.75, 3.05) is 6.54 Å². The van der Waals surface area contributed by atoms with Crippen LogP contribution in [-0.2, 0) is 17.8 Å². The Morgan fingerprint density at radius 2 is 2.18 bits per heavy atom. The molecule has 0 bridgehead atoms. The number of carbonyl (C=O) groups is 1. The zero-order valence-electron chi connectivity index (χ0n) is 20.2. The molecule has 1 aliphatic heterocycles. The number of nitrogens with zero attached hydrogens (tertiary/aromatic N) is 3. The molecule has 1 amide bonds. The summed E-state index contributed by atoms with van der Waals surface area (Å²) in [5.74, 6) is 0.535. The average molecular weight is 456 g/mol. The summed E-state index contributed by atoms with van der Waals surface area (Å²) in [5, 5.41) is 21.6. The van der Waals surface area contributed by atoms with Crippen molar-refractivity contribution >= 4 is 5.91 Å². The highest BCUT2D eigenvalue weighted by Gasteiger charge is 2.46. The Morgan fingerprint density at radius 1 is 1.39 bits per heavy atom. The molecule has 3 N–H and O–H groups in total. The highest BCUT2D eigenvalue weighted by molar-refractivity contribution is 5.73. The monoisotopic (exact) mass is 455 g/mol. The van der Waals surface area contributed by atoms with Crippen LogP contribution in [0.5, 0.6) is 5.88 Å². The van der Waals surface area contributed by atoms with Crippen LogP contribution >= 0.6 is 0 Å². The van der Waals surface area contributed by atoms with E-state index in [0.29, 0.717) is 19.0 Å². The Labute approximate surface area is 196 Å². The molecule has 0 unspecified atom stereocenters. The van der Waals surface area contributed by atoms with Crippen molar-refractivity contribution in [2.45, 2.75) is 90.1 Å². The standard InChI is InChI=1S/C25H37N5O3/c1-17(31)29-21(16-30-10-6-9-28-30)22(32)15-26-20-13-25(7-5-8-25)33-23-19(20)11-18(14-27-23)12-24(2,3)4/h6,9-11,14,20-22,26,32H,5,7-8,12-13,15-16H2,1-4H3,(H,29,31)/t20-,21-,22+/m0/s1. The fraction of sp³-hybridized carbons (Fsp3) is 0.640. The first-order valence-electron chi connectivity index (χ1n) is 12.0. The highest BCUT2D eigenvalue weighted by Crippen LogP contribution is 2.48. The van der Waals surface area contributed by atoms with Crippen LogP contribution in [-0.4, -0.2) is 50.1 Å². The lowest BCUT2D eigenvalue weighted by Gasteiger charge is -2.47. The van der Waals surface area contributed by atoms with Gasteiger partial charge < -0.3 is 20.5 Å². The molecule has 1 saturated carbocycles. The maximum atomic E-state index is 11.7. The largest absolute Gasteiger partial charge is 0.471 e. The van der Waals surface area contributed by atoms with Crippen LogP contribution in [0.2, 0.25) is 0 Å². The molecule has 0 saturated heterocycles. The van der Waals surface area contributed by atoms with Gasteiger partial charge in [0, 0.05) is 50.1 Å². The summed E-state index contributed by atoms with van der Waals surface area (Å²) in [6.45, 7) is 8.88.